The van der Waals surface area contributed by atoms with E-state index < -0.39 is 0 Å². The summed E-state index contributed by atoms with van der Waals surface area (Å²) in [5.74, 6) is 0.879. The van der Waals surface area contributed by atoms with Crippen LogP contribution in [-0.2, 0) is 6.42 Å². The number of phenolic OH excluding ortho intramolecular Hbond substituents is 1. The molecule has 0 amide bonds. The molecule has 0 radical (unpaired) electrons. The predicted octanol–water partition coefficient (Wildman–Crippen LogP) is 2.15. The summed E-state index contributed by atoms with van der Waals surface area (Å²) in [6.07, 6.45) is 1.68. The molecule has 0 aliphatic carbocycles. The van der Waals surface area contributed by atoms with Crippen molar-refractivity contribution in [2.24, 2.45) is 0 Å². The van der Waals surface area contributed by atoms with E-state index in [0.29, 0.717) is 11.6 Å². The number of hydrogen-bond donors (Lipinski definition) is 2. The van der Waals surface area contributed by atoms with E-state index in [2.05, 4.69) is 0 Å². The molecule has 0 spiro atoms. The Balaban J connectivity index is 2.72. The number of aryl methyl sites for hydroxylation is 1. The average molecular weight is 186 g/mol. The maximum absolute atomic E-state index is 9.39. The first-order chi connectivity index (χ1) is 5.74. The van der Waals surface area contributed by atoms with Crippen LogP contribution in [0.15, 0.2) is 18.2 Å². The summed E-state index contributed by atoms with van der Waals surface area (Å²) >= 11 is 5.53. The van der Waals surface area contributed by atoms with Gasteiger partial charge in [0.1, 0.15) is 5.75 Å². The Hall–Kier alpha value is -0.890. The van der Waals surface area contributed by atoms with E-state index in [4.69, 9.17) is 17.3 Å². The van der Waals surface area contributed by atoms with Crippen LogP contribution in [0.2, 0.25) is 0 Å². The topological polar surface area (TPSA) is 46.2 Å². The predicted molar refractivity (Wildman–Crippen MR) is 51.6 cm³/mol. The van der Waals surface area contributed by atoms with Gasteiger partial charge in [-0.25, -0.2) is 0 Å². The lowest BCUT2D eigenvalue weighted by Gasteiger charge is -2.03. The standard InChI is InChI=1S/C9H12ClNO/c10-5-1-2-7-3-4-8(11)6-9(7)12/h3-4,6,12H,1-2,5,11H2. The van der Waals surface area contributed by atoms with Crippen molar-refractivity contribution in [3.05, 3.63) is 23.8 Å². The number of nitrogen functional groups attached to an aromatic ring is 1. The van der Waals surface area contributed by atoms with Crippen molar-refractivity contribution in [2.45, 2.75) is 12.8 Å². The maximum Gasteiger partial charge on any atom is 0.120 e. The van der Waals surface area contributed by atoms with Gasteiger partial charge in [-0.15, -0.1) is 11.6 Å². The highest BCUT2D eigenvalue weighted by Gasteiger charge is 1.99. The summed E-state index contributed by atoms with van der Waals surface area (Å²) in [6.45, 7) is 0. The lowest BCUT2D eigenvalue weighted by atomic mass is 10.1. The van der Waals surface area contributed by atoms with Crippen molar-refractivity contribution in [3.8, 4) is 5.75 Å². The molecule has 3 heteroatoms. The van der Waals surface area contributed by atoms with Crippen molar-refractivity contribution in [1.82, 2.24) is 0 Å². The number of benzene rings is 1. The van der Waals surface area contributed by atoms with Crippen LogP contribution < -0.4 is 5.73 Å². The fourth-order valence-corrected chi connectivity index (χ4v) is 1.18. The quantitative estimate of drug-likeness (QED) is 0.560. The SMILES string of the molecule is Nc1ccc(CCCCl)c(O)c1. The zero-order valence-electron chi connectivity index (χ0n) is 6.76. The van der Waals surface area contributed by atoms with Gasteiger partial charge in [-0.3, -0.25) is 0 Å². The van der Waals surface area contributed by atoms with Crippen molar-refractivity contribution < 1.29 is 5.11 Å². The van der Waals surface area contributed by atoms with Crippen molar-refractivity contribution in [1.29, 1.82) is 0 Å². The molecule has 12 heavy (non-hydrogen) atoms. The summed E-state index contributed by atoms with van der Waals surface area (Å²) in [5.41, 5.74) is 6.96. The van der Waals surface area contributed by atoms with Crippen LogP contribution in [0.5, 0.6) is 5.75 Å². The van der Waals surface area contributed by atoms with E-state index >= 15 is 0 Å². The van der Waals surface area contributed by atoms with E-state index in [9.17, 15) is 5.11 Å². The minimum atomic E-state index is 0.264. The van der Waals surface area contributed by atoms with Gasteiger partial charge in [0.15, 0.2) is 0 Å². The molecule has 0 heterocycles. The molecule has 0 saturated carbocycles. The van der Waals surface area contributed by atoms with Crippen LogP contribution in [0.4, 0.5) is 5.69 Å². The van der Waals surface area contributed by atoms with Gasteiger partial charge in [-0.2, -0.15) is 0 Å². The zero-order chi connectivity index (χ0) is 8.97. The Labute approximate surface area is 77.0 Å². The third kappa shape index (κ3) is 2.31. The average Bonchev–Trinajstić information content (AvgIpc) is 2.03. The molecule has 3 N–H and O–H groups in total. The maximum atomic E-state index is 9.39. The number of anilines is 1. The second kappa shape index (κ2) is 4.21. The molecule has 0 saturated heterocycles. The summed E-state index contributed by atoms with van der Waals surface area (Å²) in [5, 5.41) is 9.39. The van der Waals surface area contributed by atoms with Crippen LogP contribution in [0.25, 0.3) is 0 Å². The van der Waals surface area contributed by atoms with Gasteiger partial charge in [0.2, 0.25) is 0 Å². The molecule has 0 bridgehead atoms. The molecule has 0 aromatic heterocycles. The van der Waals surface area contributed by atoms with E-state index in [-0.39, 0.29) is 5.75 Å². The first-order valence-corrected chi connectivity index (χ1v) is 4.41. The van der Waals surface area contributed by atoms with E-state index in [1.165, 1.54) is 0 Å². The van der Waals surface area contributed by atoms with E-state index in [1.807, 2.05) is 6.07 Å². The number of rotatable bonds is 3. The molecule has 0 unspecified atom stereocenters. The highest BCUT2D eigenvalue weighted by atomic mass is 35.5. The first kappa shape index (κ1) is 9.20. The molecule has 66 valence electrons. The Kier molecular flexibility index (Phi) is 3.23. The minimum Gasteiger partial charge on any atom is -0.508 e. The fraction of sp³-hybridized carbons (Fsp3) is 0.333. The van der Waals surface area contributed by atoms with Gasteiger partial charge in [0.25, 0.3) is 0 Å². The van der Waals surface area contributed by atoms with Gasteiger partial charge in [0, 0.05) is 17.6 Å². The zero-order valence-corrected chi connectivity index (χ0v) is 7.51. The Bertz CT molecular complexity index is 263. The molecule has 0 aliphatic heterocycles. The van der Waals surface area contributed by atoms with Gasteiger partial charge in [-0.1, -0.05) is 6.07 Å². The van der Waals surface area contributed by atoms with Gasteiger partial charge < -0.3 is 10.8 Å². The van der Waals surface area contributed by atoms with Crippen LogP contribution in [0.3, 0.4) is 0 Å². The Morgan fingerprint density at radius 3 is 2.75 bits per heavy atom. The number of alkyl halides is 1. The van der Waals surface area contributed by atoms with Gasteiger partial charge in [-0.05, 0) is 24.5 Å². The highest BCUT2D eigenvalue weighted by molar-refractivity contribution is 6.17. The number of nitrogens with two attached hydrogens (primary N) is 1. The number of hydrogen-bond acceptors (Lipinski definition) is 2. The van der Waals surface area contributed by atoms with Crippen molar-refractivity contribution in [2.75, 3.05) is 11.6 Å². The number of phenols is 1. The smallest absolute Gasteiger partial charge is 0.120 e. The van der Waals surface area contributed by atoms with E-state index in [0.717, 1.165) is 18.4 Å². The second-order valence-electron chi connectivity index (χ2n) is 2.68. The molecule has 0 aliphatic rings. The fourth-order valence-electron chi connectivity index (χ4n) is 1.05. The summed E-state index contributed by atoms with van der Waals surface area (Å²) < 4.78 is 0. The summed E-state index contributed by atoms with van der Waals surface area (Å²) in [4.78, 5) is 0. The first-order valence-electron chi connectivity index (χ1n) is 3.87. The van der Waals surface area contributed by atoms with Gasteiger partial charge >= 0.3 is 0 Å². The van der Waals surface area contributed by atoms with E-state index in [1.54, 1.807) is 12.1 Å². The minimum absolute atomic E-state index is 0.264. The Morgan fingerprint density at radius 1 is 1.42 bits per heavy atom. The molecule has 1 aromatic carbocycles. The lowest BCUT2D eigenvalue weighted by molar-refractivity contribution is 0.468. The highest BCUT2D eigenvalue weighted by Crippen LogP contribution is 2.21. The van der Waals surface area contributed by atoms with Crippen LogP contribution in [0.1, 0.15) is 12.0 Å². The largest absolute Gasteiger partial charge is 0.508 e. The van der Waals surface area contributed by atoms with Crippen molar-refractivity contribution in [3.63, 3.8) is 0 Å². The number of aromatic hydroxyl groups is 1. The van der Waals surface area contributed by atoms with Crippen LogP contribution >= 0.6 is 11.6 Å². The molecule has 1 rings (SSSR count). The van der Waals surface area contributed by atoms with Crippen LogP contribution in [-0.4, -0.2) is 11.0 Å². The third-order valence-corrected chi connectivity index (χ3v) is 1.96. The normalized spacial score (nSPS) is 10.1. The molecule has 2 nitrogen and oxygen atoms in total. The molecule has 0 fully saturated rings. The van der Waals surface area contributed by atoms with Crippen molar-refractivity contribution >= 4 is 17.3 Å². The molecule has 1 aromatic rings. The van der Waals surface area contributed by atoms with Gasteiger partial charge in [0.05, 0.1) is 0 Å². The molecule has 0 atom stereocenters. The second-order valence-corrected chi connectivity index (χ2v) is 3.06. The lowest BCUT2D eigenvalue weighted by Crippen LogP contribution is -1.89. The Morgan fingerprint density at radius 2 is 2.17 bits per heavy atom. The summed E-state index contributed by atoms with van der Waals surface area (Å²) in [6, 6.07) is 5.17. The molecular formula is C9H12ClNO. The monoisotopic (exact) mass is 185 g/mol. The molecular weight excluding hydrogens is 174 g/mol. The third-order valence-electron chi connectivity index (χ3n) is 1.69. The summed E-state index contributed by atoms with van der Waals surface area (Å²) in [7, 11) is 0. The van der Waals surface area contributed by atoms with Crippen LogP contribution in [0, 0.1) is 0 Å². The number of halogens is 1.